The van der Waals surface area contributed by atoms with Crippen molar-refractivity contribution in [2.24, 2.45) is 5.41 Å². The van der Waals surface area contributed by atoms with E-state index >= 15 is 0 Å². The Balaban J connectivity index is 2.32. The van der Waals surface area contributed by atoms with Crippen LogP contribution in [0.25, 0.3) is 0 Å². The second-order valence-corrected chi connectivity index (χ2v) is 7.01. The van der Waals surface area contributed by atoms with Gasteiger partial charge in [0.25, 0.3) is 0 Å². The molecule has 1 aliphatic rings. The molecule has 0 unspecified atom stereocenters. The third kappa shape index (κ3) is 3.32. The van der Waals surface area contributed by atoms with E-state index in [2.05, 4.69) is 25.8 Å². The molecule has 2 rings (SSSR count). The monoisotopic (exact) mass is 296 g/mol. The molecule has 1 aliphatic carbocycles. The molecular weight excluding hydrogens is 272 g/mol. The van der Waals surface area contributed by atoms with Gasteiger partial charge in [-0.2, -0.15) is 0 Å². The molecule has 1 fully saturated rings. The first kappa shape index (κ1) is 15.7. The van der Waals surface area contributed by atoms with Gasteiger partial charge in [-0.15, -0.1) is 0 Å². The van der Waals surface area contributed by atoms with Crippen LogP contribution in [0.5, 0.6) is 0 Å². The van der Waals surface area contributed by atoms with Crippen molar-refractivity contribution in [2.45, 2.75) is 64.9 Å². The molecule has 0 bridgehead atoms. The van der Waals surface area contributed by atoms with Crippen molar-refractivity contribution < 1.29 is 4.74 Å². The Morgan fingerprint density at radius 2 is 1.85 bits per heavy atom. The molecule has 0 aromatic carbocycles. The summed E-state index contributed by atoms with van der Waals surface area (Å²) < 4.78 is 5.86. The summed E-state index contributed by atoms with van der Waals surface area (Å²) in [4.78, 5) is 9.18. The van der Waals surface area contributed by atoms with Crippen LogP contribution in [0.4, 0.5) is 0 Å². The molecule has 0 saturated heterocycles. The predicted molar refractivity (Wildman–Crippen MR) is 82.0 cm³/mol. The zero-order valence-corrected chi connectivity index (χ0v) is 13.8. The summed E-state index contributed by atoms with van der Waals surface area (Å²) in [5.41, 5.74) is 1.04. The van der Waals surface area contributed by atoms with Gasteiger partial charge in [0, 0.05) is 12.8 Å². The van der Waals surface area contributed by atoms with Crippen LogP contribution >= 0.6 is 11.6 Å². The average Bonchev–Trinajstić information content (AvgIpc) is 2.39. The quantitative estimate of drug-likeness (QED) is 0.766. The van der Waals surface area contributed by atoms with E-state index < -0.39 is 0 Å². The Morgan fingerprint density at radius 1 is 1.20 bits per heavy atom. The number of halogens is 1. The lowest BCUT2D eigenvalue weighted by molar-refractivity contribution is -0.0730. The first-order valence-corrected chi connectivity index (χ1v) is 7.88. The molecule has 0 amide bonds. The highest BCUT2D eigenvalue weighted by molar-refractivity contribution is 6.29. The Morgan fingerprint density at radius 3 is 2.40 bits per heavy atom. The highest BCUT2D eigenvalue weighted by Crippen LogP contribution is 2.46. The molecule has 0 atom stereocenters. The third-order valence-electron chi connectivity index (χ3n) is 4.46. The van der Waals surface area contributed by atoms with Crippen molar-refractivity contribution in [3.05, 3.63) is 22.7 Å². The van der Waals surface area contributed by atoms with Gasteiger partial charge in [0.2, 0.25) is 0 Å². The van der Waals surface area contributed by atoms with Gasteiger partial charge >= 0.3 is 0 Å². The summed E-state index contributed by atoms with van der Waals surface area (Å²) in [6, 6.07) is 1.87. The van der Waals surface area contributed by atoms with Crippen molar-refractivity contribution in [3.8, 4) is 0 Å². The second kappa shape index (κ2) is 5.98. The summed E-state index contributed by atoms with van der Waals surface area (Å²) in [5, 5.41) is 0.528. The minimum absolute atomic E-state index is 0.358. The maximum absolute atomic E-state index is 6.17. The van der Waals surface area contributed by atoms with Crippen molar-refractivity contribution >= 4 is 11.6 Å². The molecule has 0 aliphatic heterocycles. The van der Waals surface area contributed by atoms with Gasteiger partial charge in [0.05, 0.1) is 0 Å². The van der Waals surface area contributed by atoms with Gasteiger partial charge in [0.15, 0.2) is 5.82 Å². The van der Waals surface area contributed by atoms with Crippen LogP contribution < -0.4 is 0 Å². The van der Waals surface area contributed by atoms with Crippen LogP contribution in [0.15, 0.2) is 6.07 Å². The maximum atomic E-state index is 6.17. The highest BCUT2D eigenvalue weighted by atomic mass is 35.5. The molecule has 0 radical (unpaired) electrons. The van der Waals surface area contributed by atoms with E-state index in [1.807, 2.05) is 6.07 Å². The van der Waals surface area contributed by atoms with Gasteiger partial charge in [-0.25, -0.2) is 9.97 Å². The molecular formula is C16H25ClN2O. The topological polar surface area (TPSA) is 35.0 Å². The maximum Gasteiger partial charge on any atom is 0.162 e. The molecule has 0 spiro atoms. The van der Waals surface area contributed by atoms with E-state index in [1.54, 1.807) is 7.11 Å². The number of rotatable bonds is 4. The SMILES string of the molecule is CCCc1cc(Cl)nc(C2(OC)CCC(C)(C)CC2)n1. The number of hydrogen-bond acceptors (Lipinski definition) is 3. The first-order valence-electron chi connectivity index (χ1n) is 7.50. The Labute approximate surface area is 127 Å². The number of nitrogens with zero attached hydrogens (tertiary/aromatic N) is 2. The molecule has 112 valence electrons. The largest absolute Gasteiger partial charge is 0.370 e. The second-order valence-electron chi connectivity index (χ2n) is 6.62. The smallest absolute Gasteiger partial charge is 0.162 e. The lowest BCUT2D eigenvalue weighted by Crippen LogP contribution is -2.38. The van der Waals surface area contributed by atoms with Crippen molar-refractivity contribution in [1.82, 2.24) is 9.97 Å². The molecule has 20 heavy (non-hydrogen) atoms. The van der Waals surface area contributed by atoms with Crippen LogP contribution in [0, 0.1) is 5.41 Å². The summed E-state index contributed by atoms with van der Waals surface area (Å²) in [5.74, 6) is 0.770. The summed E-state index contributed by atoms with van der Waals surface area (Å²) in [6.07, 6.45) is 6.16. The van der Waals surface area contributed by atoms with E-state index in [0.717, 1.165) is 50.0 Å². The molecule has 0 N–H and O–H groups in total. The molecule has 4 heteroatoms. The fourth-order valence-corrected chi connectivity index (χ4v) is 3.11. The normalized spacial score (nSPS) is 20.9. The van der Waals surface area contributed by atoms with E-state index in [-0.39, 0.29) is 5.60 Å². The molecule has 1 aromatic heterocycles. The lowest BCUT2D eigenvalue weighted by atomic mass is 9.70. The number of ether oxygens (including phenoxy) is 1. The van der Waals surface area contributed by atoms with Gasteiger partial charge in [0.1, 0.15) is 10.8 Å². The standard InChI is InChI=1S/C16H25ClN2O/c1-5-6-12-11-13(17)19-14(18-12)16(20-4)9-7-15(2,3)8-10-16/h11H,5-10H2,1-4H3. The highest BCUT2D eigenvalue weighted by Gasteiger charge is 2.42. The van der Waals surface area contributed by atoms with Crippen LogP contribution in [-0.4, -0.2) is 17.1 Å². The third-order valence-corrected chi connectivity index (χ3v) is 4.66. The Bertz CT molecular complexity index is 464. The molecule has 1 saturated carbocycles. The first-order chi connectivity index (χ1) is 9.41. The zero-order chi connectivity index (χ0) is 14.8. The fourth-order valence-electron chi connectivity index (χ4n) is 2.90. The van der Waals surface area contributed by atoms with Gasteiger partial charge in [-0.05, 0) is 43.6 Å². The minimum atomic E-state index is -0.358. The number of hydrogen-bond donors (Lipinski definition) is 0. The zero-order valence-electron chi connectivity index (χ0n) is 13.0. The van der Waals surface area contributed by atoms with Crippen LogP contribution in [0.3, 0.4) is 0 Å². The van der Waals surface area contributed by atoms with Gasteiger partial charge in [-0.1, -0.05) is 38.8 Å². The number of aryl methyl sites for hydroxylation is 1. The summed E-state index contributed by atoms with van der Waals surface area (Å²) in [6.45, 7) is 6.77. The van der Waals surface area contributed by atoms with Crippen molar-refractivity contribution in [1.29, 1.82) is 0 Å². The van der Waals surface area contributed by atoms with E-state index in [9.17, 15) is 0 Å². The number of methoxy groups -OCH3 is 1. The summed E-state index contributed by atoms with van der Waals surface area (Å²) in [7, 11) is 1.77. The molecule has 3 nitrogen and oxygen atoms in total. The minimum Gasteiger partial charge on any atom is -0.370 e. The van der Waals surface area contributed by atoms with Crippen LogP contribution in [-0.2, 0) is 16.8 Å². The van der Waals surface area contributed by atoms with Crippen LogP contribution in [0.2, 0.25) is 5.15 Å². The van der Waals surface area contributed by atoms with E-state index in [0.29, 0.717) is 10.6 Å². The summed E-state index contributed by atoms with van der Waals surface area (Å²) >= 11 is 6.17. The van der Waals surface area contributed by atoms with E-state index in [4.69, 9.17) is 21.3 Å². The fraction of sp³-hybridized carbons (Fsp3) is 0.750. The number of aromatic nitrogens is 2. The van der Waals surface area contributed by atoms with E-state index in [1.165, 1.54) is 0 Å². The van der Waals surface area contributed by atoms with Crippen molar-refractivity contribution in [2.75, 3.05) is 7.11 Å². The lowest BCUT2D eigenvalue weighted by Gasteiger charge is -2.41. The van der Waals surface area contributed by atoms with Gasteiger partial charge in [-0.3, -0.25) is 0 Å². The molecule has 1 aromatic rings. The molecule has 1 heterocycles. The van der Waals surface area contributed by atoms with Gasteiger partial charge < -0.3 is 4.74 Å². The average molecular weight is 297 g/mol. The van der Waals surface area contributed by atoms with Crippen LogP contribution in [0.1, 0.15) is 64.4 Å². The van der Waals surface area contributed by atoms with Crippen molar-refractivity contribution in [3.63, 3.8) is 0 Å². The predicted octanol–water partition coefficient (Wildman–Crippen LogP) is 4.52. The Kier molecular flexibility index (Phi) is 4.70. The Hall–Kier alpha value is -0.670.